The van der Waals surface area contributed by atoms with Crippen LogP contribution in [0.15, 0.2) is 42.5 Å². The van der Waals surface area contributed by atoms with Gasteiger partial charge < -0.3 is 4.74 Å². The van der Waals surface area contributed by atoms with E-state index in [0.29, 0.717) is 17.9 Å². The zero-order chi connectivity index (χ0) is 29.1. The molecule has 1 unspecified atom stereocenters. The molecule has 0 heterocycles. The van der Waals surface area contributed by atoms with Gasteiger partial charge in [-0.1, -0.05) is 134 Å². The van der Waals surface area contributed by atoms with Crippen molar-refractivity contribution in [1.29, 1.82) is 5.26 Å². The Morgan fingerprint density at radius 2 is 1.39 bits per heavy atom. The van der Waals surface area contributed by atoms with E-state index in [2.05, 4.69) is 32.0 Å². The standard InChI is InChI=1S/C38H56FNO/c1-3-5-7-9-11-13-27-41-36-25-26-37(38(39)29-36)35-23-21-33(22-24-35)28-34(30-40)20-19-32-17-15-31(16-18-32)14-12-10-8-6-4-2/h21-26,29,31-32,34H,3-20,27-28H2,1-2H3. The number of halogens is 1. The van der Waals surface area contributed by atoms with Gasteiger partial charge in [-0.05, 0) is 60.8 Å². The molecule has 0 spiro atoms. The van der Waals surface area contributed by atoms with Gasteiger partial charge in [0.1, 0.15) is 11.6 Å². The maximum Gasteiger partial charge on any atom is 0.134 e. The third-order valence-electron chi connectivity index (χ3n) is 9.24. The predicted octanol–water partition coefficient (Wildman–Crippen LogP) is 11.9. The molecule has 1 atom stereocenters. The van der Waals surface area contributed by atoms with Crippen LogP contribution in [0.2, 0.25) is 0 Å². The summed E-state index contributed by atoms with van der Waals surface area (Å²) < 4.78 is 20.7. The number of benzene rings is 2. The number of hydrogen-bond acceptors (Lipinski definition) is 2. The first-order valence-electron chi connectivity index (χ1n) is 17.0. The van der Waals surface area contributed by atoms with Crippen LogP contribution in [0.4, 0.5) is 4.39 Å². The minimum absolute atomic E-state index is 0.0527. The number of unbranched alkanes of at least 4 members (excludes halogenated alkanes) is 9. The van der Waals surface area contributed by atoms with Gasteiger partial charge in [0.15, 0.2) is 0 Å². The van der Waals surface area contributed by atoms with Crippen molar-refractivity contribution < 1.29 is 9.13 Å². The van der Waals surface area contributed by atoms with Gasteiger partial charge in [-0.15, -0.1) is 0 Å². The minimum atomic E-state index is -0.251. The van der Waals surface area contributed by atoms with E-state index in [4.69, 9.17) is 4.74 Å². The molecule has 3 rings (SSSR count). The number of hydrogen-bond donors (Lipinski definition) is 0. The van der Waals surface area contributed by atoms with Gasteiger partial charge in [-0.25, -0.2) is 4.39 Å². The molecule has 0 aliphatic heterocycles. The Morgan fingerprint density at radius 3 is 2.02 bits per heavy atom. The summed E-state index contributed by atoms with van der Waals surface area (Å²) >= 11 is 0. The van der Waals surface area contributed by atoms with Crippen LogP contribution in [0.3, 0.4) is 0 Å². The Morgan fingerprint density at radius 1 is 0.780 bits per heavy atom. The summed E-state index contributed by atoms with van der Waals surface area (Å²) in [5, 5.41) is 9.83. The highest BCUT2D eigenvalue weighted by molar-refractivity contribution is 5.65. The van der Waals surface area contributed by atoms with Gasteiger partial charge in [0.25, 0.3) is 0 Å². The van der Waals surface area contributed by atoms with E-state index in [0.717, 1.165) is 42.2 Å². The van der Waals surface area contributed by atoms with Crippen LogP contribution < -0.4 is 4.74 Å². The van der Waals surface area contributed by atoms with Crippen molar-refractivity contribution in [2.75, 3.05) is 6.61 Å². The first-order valence-corrected chi connectivity index (χ1v) is 17.0. The lowest BCUT2D eigenvalue weighted by molar-refractivity contribution is 0.241. The zero-order valence-electron chi connectivity index (χ0n) is 26.1. The number of nitriles is 1. The van der Waals surface area contributed by atoms with Crippen LogP contribution in [-0.4, -0.2) is 6.61 Å². The predicted molar refractivity (Wildman–Crippen MR) is 172 cm³/mol. The van der Waals surface area contributed by atoms with E-state index in [-0.39, 0.29) is 11.7 Å². The molecule has 0 radical (unpaired) electrons. The summed E-state index contributed by atoms with van der Waals surface area (Å²) in [5.74, 6) is 2.14. The van der Waals surface area contributed by atoms with Gasteiger partial charge in [0, 0.05) is 11.6 Å². The highest BCUT2D eigenvalue weighted by atomic mass is 19.1. The fourth-order valence-corrected chi connectivity index (χ4v) is 6.49. The quantitative estimate of drug-likeness (QED) is 0.151. The van der Waals surface area contributed by atoms with E-state index in [9.17, 15) is 9.65 Å². The Kier molecular flexibility index (Phi) is 16.0. The average molecular weight is 562 g/mol. The molecule has 41 heavy (non-hydrogen) atoms. The molecule has 2 aromatic carbocycles. The van der Waals surface area contributed by atoms with Crippen LogP contribution in [0, 0.1) is 34.9 Å². The van der Waals surface area contributed by atoms with Crippen molar-refractivity contribution in [3.05, 3.63) is 53.8 Å². The molecule has 0 saturated heterocycles. The normalized spacial score (nSPS) is 17.7. The summed E-state index contributed by atoms with van der Waals surface area (Å²) in [4.78, 5) is 0. The van der Waals surface area contributed by atoms with Gasteiger partial charge in [0.2, 0.25) is 0 Å². The fraction of sp³-hybridized carbons (Fsp3) is 0.658. The molecule has 0 amide bonds. The lowest BCUT2D eigenvalue weighted by Crippen LogP contribution is -2.16. The van der Waals surface area contributed by atoms with E-state index in [1.807, 2.05) is 24.3 Å². The van der Waals surface area contributed by atoms with Crippen LogP contribution in [0.25, 0.3) is 11.1 Å². The minimum Gasteiger partial charge on any atom is -0.493 e. The van der Waals surface area contributed by atoms with Crippen molar-refractivity contribution in [2.24, 2.45) is 17.8 Å². The molecule has 0 aromatic heterocycles. The summed E-state index contributed by atoms with van der Waals surface area (Å²) in [7, 11) is 0. The topological polar surface area (TPSA) is 33.0 Å². The van der Waals surface area contributed by atoms with E-state index in [1.54, 1.807) is 0 Å². The lowest BCUT2D eigenvalue weighted by Gasteiger charge is -2.29. The Labute approximate surface area is 251 Å². The number of ether oxygens (including phenoxy) is 1. The van der Waals surface area contributed by atoms with Crippen molar-refractivity contribution in [2.45, 2.75) is 136 Å². The number of nitrogens with zero attached hydrogens (tertiary/aromatic N) is 1. The molecule has 1 aliphatic rings. The van der Waals surface area contributed by atoms with Gasteiger partial charge in [-0.3, -0.25) is 0 Å². The second-order valence-electron chi connectivity index (χ2n) is 12.7. The molecule has 2 aromatic rings. The molecule has 1 aliphatic carbocycles. The van der Waals surface area contributed by atoms with Crippen LogP contribution in [0.1, 0.15) is 135 Å². The van der Waals surface area contributed by atoms with E-state index < -0.39 is 0 Å². The molecular formula is C38H56FNO. The largest absolute Gasteiger partial charge is 0.493 e. The SMILES string of the molecule is CCCCCCCCOc1ccc(-c2ccc(CC(C#N)CCC3CCC(CCCCCCC)CC3)cc2)c(F)c1. The van der Waals surface area contributed by atoms with Gasteiger partial charge >= 0.3 is 0 Å². The first kappa shape index (κ1) is 33.2. The monoisotopic (exact) mass is 561 g/mol. The second-order valence-corrected chi connectivity index (χ2v) is 12.7. The molecule has 0 bridgehead atoms. The number of rotatable bonds is 20. The summed E-state index contributed by atoms with van der Waals surface area (Å²) in [6.45, 7) is 5.15. The average Bonchev–Trinajstić information content (AvgIpc) is 3.00. The maximum atomic E-state index is 14.9. The fourth-order valence-electron chi connectivity index (χ4n) is 6.49. The molecule has 2 nitrogen and oxygen atoms in total. The maximum absolute atomic E-state index is 14.9. The van der Waals surface area contributed by atoms with Crippen molar-refractivity contribution in [3.63, 3.8) is 0 Å². The van der Waals surface area contributed by atoms with Crippen LogP contribution >= 0.6 is 0 Å². The highest BCUT2D eigenvalue weighted by Crippen LogP contribution is 2.35. The molecule has 0 N–H and O–H groups in total. The second kappa shape index (κ2) is 19.7. The van der Waals surface area contributed by atoms with Crippen molar-refractivity contribution >= 4 is 0 Å². The molecule has 1 saturated carbocycles. The molecular weight excluding hydrogens is 505 g/mol. The van der Waals surface area contributed by atoms with E-state index in [1.165, 1.54) is 109 Å². The third kappa shape index (κ3) is 12.6. The van der Waals surface area contributed by atoms with Gasteiger partial charge in [0.05, 0.1) is 18.6 Å². The van der Waals surface area contributed by atoms with Crippen LogP contribution in [0.5, 0.6) is 5.75 Å². The zero-order valence-corrected chi connectivity index (χ0v) is 26.1. The highest BCUT2D eigenvalue weighted by Gasteiger charge is 2.22. The Bertz CT molecular complexity index is 1000. The smallest absolute Gasteiger partial charge is 0.134 e. The first-order chi connectivity index (χ1) is 20.1. The molecule has 1 fully saturated rings. The molecule has 3 heteroatoms. The molecule has 226 valence electrons. The summed E-state index contributed by atoms with van der Waals surface area (Å²) in [6, 6.07) is 15.9. The Balaban J connectivity index is 1.37. The summed E-state index contributed by atoms with van der Waals surface area (Å²) in [6.07, 6.45) is 24.0. The third-order valence-corrected chi connectivity index (χ3v) is 9.24. The van der Waals surface area contributed by atoms with E-state index >= 15 is 0 Å². The van der Waals surface area contributed by atoms with Gasteiger partial charge in [-0.2, -0.15) is 5.26 Å². The lowest BCUT2D eigenvalue weighted by atomic mass is 9.77. The van der Waals surface area contributed by atoms with Crippen LogP contribution in [-0.2, 0) is 6.42 Å². The summed E-state index contributed by atoms with van der Waals surface area (Å²) in [5.41, 5.74) is 2.62. The Hall–Kier alpha value is -2.34. The van der Waals surface area contributed by atoms with Crippen molar-refractivity contribution in [3.8, 4) is 22.9 Å². The van der Waals surface area contributed by atoms with Crippen molar-refractivity contribution in [1.82, 2.24) is 0 Å².